The van der Waals surface area contributed by atoms with Crippen molar-refractivity contribution >= 4 is 42.0 Å². The molecule has 1 rings (SSSR count). The van der Waals surface area contributed by atoms with Gasteiger partial charge in [0.15, 0.2) is 0 Å². The molecule has 66 valence electrons. The van der Waals surface area contributed by atoms with E-state index in [-0.39, 0.29) is 0 Å². The summed E-state index contributed by atoms with van der Waals surface area (Å²) in [6.45, 7) is 0. The molecule has 0 bridgehead atoms. The topological polar surface area (TPSA) is 0 Å². The number of unbranched alkanes of at least 4 members (excludes halogenated alkanes) is 1. The molecule has 0 atom stereocenters. The Labute approximate surface area is 94.4 Å². The molecule has 0 aliphatic heterocycles. The van der Waals surface area contributed by atoms with Gasteiger partial charge in [-0.1, -0.05) is 0 Å². The Morgan fingerprint density at radius 2 is 1.83 bits per heavy atom. The molecule has 1 aromatic rings. The van der Waals surface area contributed by atoms with Crippen molar-refractivity contribution in [2.24, 2.45) is 0 Å². The van der Waals surface area contributed by atoms with Gasteiger partial charge in [0.05, 0.1) is 0 Å². The summed E-state index contributed by atoms with van der Waals surface area (Å²) in [6.07, 6.45) is 2.78. The molecule has 0 fully saturated rings. The van der Waals surface area contributed by atoms with E-state index in [1.165, 1.54) is 22.6 Å². The summed E-state index contributed by atoms with van der Waals surface area (Å²) in [4.78, 5) is 0. The summed E-state index contributed by atoms with van der Waals surface area (Å²) in [5.74, 6) is 0. The second-order valence-electron chi connectivity index (χ2n) is 2.56. The van der Waals surface area contributed by atoms with E-state index in [1.54, 1.807) is 4.46 Å². The molecule has 0 heterocycles. The SMILES string of the molecule is ICCCC[Se]c1ccccc1. The third kappa shape index (κ3) is 4.48. The summed E-state index contributed by atoms with van der Waals surface area (Å²) >= 11 is 3.16. The number of hydrogen-bond donors (Lipinski definition) is 0. The molecule has 0 aliphatic rings. The van der Waals surface area contributed by atoms with Gasteiger partial charge in [-0.2, -0.15) is 0 Å². The van der Waals surface area contributed by atoms with Crippen LogP contribution in [-0.4, -0.2) is 19.4 Å². The molecule has 0 radical (unpaired) electrons. The van der Waals surface area contributed by atoms with Crippen molar-refractivity contribution in [2.75, 3.05) is 4.43 Å². The predicted molar refractivity (Wildman–Crippen MR) is 64.8 cm³/mol. The molecule has 0 amide bonds. The molecule has 2 heteroatoms. The molecule has 0 unspecified atom stereocenters. The van der Waals surface area contributed by atoms with E-state index in [1.807, 2.05) is 0 Å². The first-order chi connectivity index (χ1) is 5.93. The fraction of sp³-hybridized carbons (Fsp3) is 0.400. The normalized spacial score (nSPS) is 10.1. The summed E-state index contributed by atoms with van der Waals surface area (Å²) in [5.41, 5.74) is 0. The maximum absolute atomic E-state index is 2.45. The zero-order valence-corrected chi connectivity index (χ0v) is 10.9. The molecule has 0 spiro atoms. The van der Waals surface area contributed by atoms with Gasteiger partial charge < -0.3 is 0 Å². The van der Waals surface area contributed by atoms with Crippen molar-refractivity contribution in [3.63, 3.8) is 0 Å². The summed E-state index contributed by atoms with van der Waals surface area (Å²) in [7, 11) is 0. The third-order valence-electron chi connectivity index (χ3n) is 1.54. The molecule has 0 nitrogen and oxygen atoms in total. The van der Waals surface area contributed by atoms with Crippen LogP contribution in [0.15, 0.2) is 30.3 Å². The fourth-order valence-electron chi connectivity index (χ4n) is 0.903. The van der Waals surface area contributed by atoms with Crippen molar-refractivity contribution in [3.05, 3.63) is 30.3 Å². The van der Waals surface area contributed by atoms with E-state index in [0.717, 1.165) is 0 Å². The molecular formula is C10H13ISe. The van der Waals surface area contributed by atoms with E-state index in [0.29, 0.717) is 15.0 Å². The third-order valence-corrected chi connectivity index (χ3v) is 4.61. The van der Waals surface area contributed by atoms with Gasteiger partial charge in [0.25, 0.3) is 0 Å². The minimum atomic E-state index is 0.715. The number of halogens is 1. The average Bonchev–Trinajstić information content (AvgIpc) is 2.14. The van der Waals surface area contributed by atoms with Crippen LogP contribution in [0.25, 0.3) is 0 Å². The van der Waals surface area contributed by atoms with Crippen molar-refractivity contribution in [3.8, 4) is 0 Å². The quantitative estimate of drug-likeness (QED) is 0.335. The molecule has 0 saturated carbocycles. The standard InChI is InChI=1S/C10H13ISe/c11-8-4-5-9-12-10-6-2-1-3-7-10/h1-3,6-7H,4-5,8-9H2. The van der Waals surface area contributed by atoms with Gasteiger partial charge in [0.2, 0.25) is 0 Å². The van der Waals surface area contributed by atoms with Crippen LogP contribution in [0.4, 0.5) is 0 Å². The Kier molecular flexibility index (Phi) is 6.09. The van der Waals surface area contributed by atoms with Crippen molar-refractivity contribution in [2.45, 2.75) is 18.2 Å². The van der Waals surface area contributed by atoms with Crippen LogP contribution in [0.1, 0.15) is 12.8 Å². The zero-order chi connectivity index (χ0) is 8.65. The van der Waals surface area contributed by atoms with Gasteiger partial charge in [-0.3, -0.25) is 0 Å². The molecule has 0 aromatic heterocycles. The number of alkyl halides is 1. The van der Waals surface area contributed by atoms with Crippen LogP contribution in [0.2, 0.25) is 5.32 Å². The van der Waals surface area contributed by atoms with Gasteiger partial charge in [0, 0.05) is 0 Å². The first kappa shape index (κ1) is 10.5. The van der Waals surface area contributed by atoms with E-state index < -0.39 is 0 Å². The van der Waals surface area contributed by atoms with Gasteiger partial charge in [-0.15, -0.1) is 0 Å². The zero-order valence-electron chi connectivity index (χ0n) is 7.00. The molecular weight excluding hydrogens is 326 g/mol. The second-order valence-corrected chi connectivity index (χ2v) is 6.09. The average molecular weight is 339 g/mol. The Hall–Kier alpha value is 0.469. The van der Waals surface area contributed by atoms with Crippen LogP contribution < -0.4 is 4.46 Å². The van der Waals surface area contributed by atoms with Crippen molar-refractivity contribution < 1.29 is 0 Å². The van der Waals surface area contributed by atoms with Crippen molar-refractivity contribution in [1.29, 1.82) is 0 Å². The first-order valence-electron chi connectivity index (χ1n) is 4.17. The van der Waals surface area contributed by atoms with Crippen LogP contribution >= 0.6 is 22.6 Å². The summed E-state index contributed by atoms with van der Waals surface area (Å²) in [5, 5.41) is 1.40. The fourth-order valence-corrected chi connectivity index (χ4v) is 3.40. The van der Waals surface area contributed by atoms with Crippen molar-refractivity contribution in [1.82, 2.24) is 0 Å². The van der Waals surface area contributed by atoms with Gasteiger partial charge in [0.1, 0.15) is 0 Å². The van der Waals surface area contributed by atoms with Gasteiger partial charge in [-0.05, 0) is 0 Å². The molecule has 0 saturated heterocycles. The minimum absolute atomic E-state index is 0.715. The number of hydrogen-bond acceptors (Lipinski definition) is 0. The first-order valence-corrected chi connectivity index (χ1v) is 7.76. The number of benzene rings is 1. The van der Waals surface area contributed by atoms with Gasteiger partial charge in [-0.25, -0.2) is 0 Å². The van der Waals surface area contributed by atoms with E-state index in [4.69, 9.17) is 0 Å². The molecule has 12 heavy (non-hydrogen) atoms. The molecule has 1 aromatic carbocycles. The van der Waals surface area contributed by atoms with E-state index in [2.05, 4.69) is 52.9 Å². The maximum atomic E-state index is 2.45. The Morgan fingerprint density at radius 3 is 2.50 bits per heavy atom. The Bertz CT molecular complexity index is 198. The van der Waals surface area contributed by atoms with Crippen LogP contribution in [0, 0.1) is 0 Å². The van der Waals surface area contributed by atoms with E-state index >= 15 is 0 Å². The Balaban J connectivity index is 2.16. The second kappa shape index (κ2) is 6.93. The van der Waals surface area contributed by atoms with Crippen LogP contribution in [-0.2, 0) is 0 Å². The predicted octanol–water partition coefficient (Wildman–Crippen LogP) is 2.65. The van der Waals surface area contributed by atoms with E-state index in [9.17, 15) is 0 Å². The van der Waals surface area contributed by atoms with Gasteiger partial charge >= 0.3 is 94.9 Å². The summed E-state index contributed by atoms with van der Waals surface area (Å²) in [6, 6.07) is 10.8. The summed E-state index contributed by atoms with van der Waals surface area (Å²) < 4.78 is 2.85. The molecule has 0 aliphatic carbocycles. The van der Waals surface area contributed by atoms with Crippen LogP contribution in [0.5, 0.6) is 0 Å². The Morgan fingerprint density at radius 1 is 1.08 bits per heavy atom. The van der Waals surface area contributed by atoms with Crippen LogP contribution in [0.3, 0.4) is 0 Å². The monoisotopic (exact) mass is 340 g/mol. The number of rotatable bonds is 5. The molecule has 0 N–H and O–H groups in total.